The van der Waals surface area contributed by atoms with Gasteiger partial charge in [0.2, 0.25) is 0 Å². The normalized spacial score (nSPS) is 12.3. The predicted octanol–water partition coefficient (Wildman–Crippen LogP) is 4.99. The molecule has 2 aromatic rings. The topological polar surface area (TPSA) is 30.5 Å². The van der Waals surface area contributed by atoms with E-state index in [9.17, 15) is 0 Å². The molecule has 0 aliphatic heterocycles. The first-order chi connectivity index (χ1) is 11.0. The van der Waals surface area contributed by atoms with E-state index in [0.717, 1.165) is 5.56 Å². The highest BCUT2D eigenvalue weighted by atomic mass is 35.5. The number of hydrogen-bond donors (Lipinski definition) is 1. The lowest BCUT2D eigenvalue weighted by molar-refractivity contribution is 0.230. The molecule has 0 amide bonds. The van der Waals surface area contributed by atoms with Gasteiger partial charge in [-0.15, -0.1) is 0 Å². The molecule has 23 heavy (non-hydrogen) atoms. The van der Waals surface area contributed by atoms with E-state index >= 15 is 0 Å². The Morgan fingerprint density at radius 1 is 1.09 bits per heavy atom. The molecule has 0 bridgehead atoms. The van der Waals surface area contributed by atoms with Crippen LogP contribution in [0.15, 0.2) is 42.5 Å². The molecule has 0 heterocycles. The van der Waals surface area contributed by atoms with Gasteiger partial charge >= 0.3 is 0 Å². The van der Waals surface area contributed by atoms with Crippen molar-refractivity contribution in [3.8, 4) is 11.5 Å². The first-order valence-electron chi connectivity index (χ1n) is 7.82. The molecule has 0 aliphatic rings. The Kier molecular flexibility index (Phi) is 6.31. The summed E-state index contributed by atoms with van der Waals surface area (Å²) in [7, 11) is 1.63. The van der Waals surface area contributed by atoms with Crippen molar-refractivity contribution in [3.63, 3.8) is 0 Å². The Hall–Kier alpha value is -1.71. The third kappa shape index (κ3) is 4.88. The van der Waals surface area contributed by atoms with Crippen LogP contribution in [-0.2, 0) is 6.54 Å². The Morgan fingerprint density at radius 2 is 1.78 bits per heavy atom. The van der Waals surface area contributed by atoms with Gasteiger partial charge in [-0.2, -0.15) is 0 Å². The monoisotopic (exact) mass is 333 g/mol. The van der Waals surface area contributed by atoms with Crippen LogP contribution in [0.25, 0.3) is 0 Å². The molecule has 0 saturated heterocycles. The zero-order valence-electron chi connectivity index (χ0n) is 14.1. The van der Waals surface area contributed by atoms with Crippen LogP contribution in [0.4, 0.5) is 0 Å². The predicted molar refractivity (Wildman–Crippen MR) is 95.5 cm³/mol. The number of benzene rings is 2. The average molecular weight is 334 g/mol. The largest absolute Gasteiger partial charge is 0.493 e. The summed E-state index contributed by atoms with van der Waals surface area (Å²) in [4.78, 5) is 0. The van der Waals surface area contributed by atoms with Crippen molar-refractivity contribution in [1.82, 2.24) is 5.32 Å². The van der Waals surface area contributed by atoms with Crippen molar-refractivity contribution < 1.29 is 9.47 Å². The lowest BCUT2D eigenvalue weighted by Gasteiger charge is -2.18. The van der Waals surface area contributed by atoms with E-state index in [1.165, 1.54) is 5.56 Å². The van der Waals surface area contributed by atoms with Crippen LogP contribution in [0.2, 0.25) is 5.02 Å². The Bertz CT molecular complexity index is 629. The molecule has 1 N–H and O–H groups in total. The van der Waals surface area contributed by atoms with Crippen LogP contribution in [0.1, 0.15) is 37.9 Å². The van der Waals surface area contributed by atoms with E-state index in [-0.39, 0.29) is 12.1 Å². The van der Waals surface area contributed by atoms with Crippen LogP contribution in [0.3, 0.4) is 0 Å². The lowest BCUT2D eigenvalue weighted by atomic mass is 10.1. The molecule has 0 aliphatic carbocycles. The molecule has 0 aromatic heterocycles. The van der Waals surface area contributed by atoms with E-state index in [0.29, 0.717) is 23.1 Å². The molecule has 2 aromatic carbocycles. The number of rotatable bonds is 7. The van der Waals surface area contributed by atoms with Crippen LogP contribution in [0.5, 0.6) is 11.5 Å². The van der Waals surface area contributed by atoms with Crippen molar-refractivity contribution in [2.45, 2.75) is 39.5 Å². The minimum Gasteiger partial charge on any atom is -0.493 e. The molecule has 3 nitrogen and oxygen atoms in total. The van der Waals surface area contributed by atoms with Crippen LogP contribution < -0.4 is 14.8 Å². The second kappa shape index (κ2) is 8.23. The highest BCUT2D eigenvalue weighted by molar-refractivity contribution is 6.32. The molecule has 4 heteroatoms. The van der Waals surface area contributed by atoms with Gasteiger partial charge in [-0.3, -0.25) is 0 Å². The summed E-state index contributed by atoms with van der Waals surface area (Å²) in [5, 5.41) is 4.07. The van der Waals surface area contributed by atoms with Crippen molar-refractivity contribution in [2.75, 3.05) is 7.11 Å². The van der Waals surface area contributed by atoms with Crippen molar-refractivity contribution in [3.05, 3.63) is 58.6 Å². The van der Waals surface area contributed by atoms with Crippen LogP contribution in [0, 0.1) is 0 Å². The molecule has 0 unspecified atom stereocenters. The van der Waals surface area contributed by atoms with Gasteiger partial charge in [-0.1, -0.05) is 41.9 Å². The van der Waals surface area contributed by atoms with Gasteiger partial charge < -0.3 is 14.8 Å². The summed E-state index contributed by atoms with van der Waals surface area (Å²) in [5.41, 5.74) is 2.32. The number of nitrogens with one attached hydrogen (secondary N) is 1. The highest BCUT2D eigenvalue weighted by Crippen LogP contribution is 2.37. The maximum atomic E-state index is 6.36. The number of halogens is 1. The van der Waals surface area contributed by atoms with Crippen molar-refractivity contribution in [2.24, 2.45) is 0 Å². The minimum atomic E-state index is 0.0449. The molecular weight excluding hydrogens is 310 g/mol. The second-order valence-corrected chi connectivity index (χ2v) is 6.20. The fourth-order valence-electron chi connectivity index (χ4n) is 2.36. The molecule has 1 atom stereocenters. The third-order valence-electron chi connectivity index (χ3n) is 3.55. The van der Waals surface area contributed by atoms with Crippen molar-refractivity contribution in [1.29, 1.82) is 0 Å². The molecule has 0 fully saturated rings. The quantitative estimate of drug-likeness (QED) is 0.774. The SMILES string of the molecule is COc1cc(CN[C@H](C)c2ccccc2)cc(Cl)c1OC(C)C. The summed E-state index contributed by atoms with van der Waals surface area (Å²) in [6.45, 7) is 6.78. The Balaban J connectivity index is 2.10. The summed E-state index contributed by atoms with van der Waals surface area (Å²) < 4.78 is 11.2. The van der Waals surface area contributed by atoms with Gasteiger partial charge in [0.05, 0.1) is 18.2 Å². The number of hydrogen-bond acceptors (Lipinski definition) is 3. The third-order valence-corrected chi connectivity index (χ3v) is 3.84. The van der Waals surface area contributed by atoms with Gasteiger partial charge in [-0.05, 0) is 44.0 Å². The number of ether oxygens (including phenoxy) is 2. The fourth-order valence-corrected chi connectivity index (χ4v) is 2.63. The van der Waals surface area contributed by atoms with Crippen LogP contribution >= 0.6 is 11.6 Å². The fraction of sp³-hybridized carbons (Fsp3) is 0.368. The van der Waals surface area contributed by atoms with Crippen LogP contribution in [-0.4, -0.2) is 13.2 Å². The summed E-state index contributed by atoms with van der Waals surface area (Å²) in [6, 6.07) is 14.5. The maximum absolute atomic E-state index is 6.36. The molecule has 2 rings (SSSR count). The van der Waals surface area contributed by atoms with Gasteiger partial charge in [0.15, 0.2) is 11.5 Å². The van der Waals surface area contributed by atoms with Crippen molar-refractivity contribution >= 4 is 11.6 Å². The van der Waals surface area contributed by atoms with Gasteiger partial charge in [-0.25, -0.2) is 0 Å². The van der Waals surface area contributed by atoms with E-state index < -0.39 is 0 Å². The van der Waals surface area contributed by atoms with Gasteiger partial charge in [0.25, 0.3) is 0 Å². The van der Waals surface area contributed by atoms with E-state index in [1.807, 2.05) is 44.2 Å². The summed E-state index contributed by atoms with van der Waals surface area (Å²) >= 11 is 6.36. The average Bonchev–Trinajstić information content (AvgIpc) is 2.55. The highest BCUT2D eigenvalue weighted by Gasteiger charge is 2.14. The van der Waals surface area contributed by atoms with E-state index in [1.54, 1.807) is 7.11 Å². The standard InChI is InChI=1S/C19H24ClNO2/c1-13(2)23-19-17(20)10-15(11-18(19)22-4)12-21-14(3)16-8-6-5-7-9-16/h5-11,13-14,21H,12H2,1-4H3/t14-/m1/s1. The van der Waals surface area contributed by atoms with E-state index in [4.69, 9.17) is 21.1 Å². The number of methoxy groups -OCH3 is 1. The summed E-state index contributed by atoms with van der Waals surface area (Å²) in [6.07, 6.45) is 0.0449. The molecular formula is C19H24ClNO2. The molecule has 0 radical (unpaired) electrons. The maximum Gasteiger partial charge on any atom is 0.180 e. The second-order valence-electron chi connectivity index (χ2n) is 5.79. The first kappa shape index (κ1) is 17.6. The minimum absolute atomic E-state index is 0.0449. The molecule has 0 spiro atoms. The van der Waals surface area contributed by atoms with E-state index in [2.05, 4.69) is 24.4 Å². The molecule has 124 valence electrons. The summed E-state index contributed by atoms with van der Waals surface area (Å²) in [5.74, 6) is 1.26. The lowest BCUT2D eigenvalue weighted by Crippen LogP contribution is -2.18. The zero-order chi connectivity index (χ0) is 16.8. The Labute approximate surface area is 143 Å². The van der Waals surface area contributed by atoms with Gasteiger partial charge in [0, 0.05) is 12.6 Å². The molecule has 0 saturated carbocycles. The smallest absolute Gasteiger partial charge is 0.180 e. The Morgan fingerprint density at radius 3 is 2.39 bits per heavy atom. The first-order valence-corrected chi connectivity index (χ1v) is 8.20. The zero-order valence-corrected chi connectivity index (χ0v) is 14.9. The van der Waals surface area contributed by atoms with Gasteiger partial charge in [0.1, 0.15) is 0 Å².